The van der Waals surface area contributed by atoms with Crippen molar-refractivity contribution < 1.29 is 0 Å². The second-order valence-electron chi connectivity index (χ2n) is 7.77. The van der Waals surface area contributed by atoms with Gasteiger partial charge in [0.05, 0.1) is 0 Å². The van der Waals surface area contributed by atoms with Crippen LogP contribution in [0.5, 0.6) is 0 Å². The van der Waals surface area contributed by atoms with Crippen LogP contribution in [0.25, 0.3) is 0 Å². The summed E-state index contributed by atoms with van der Waals surface area (Å²) in [5.41, 5.74) is 6.40. The van der Waals surface area contributed by atoms with Crippen LogP contribution in [0.2, 0.25) is 0 Å². The molecule has 112 valence electrons. The molecular formula is C17H34N2. The van der Waals surface area contributed by atoms with Gasteiger partial charge >= 0.3 is 0 Å². The predicted octanol–water partition coefficient (Wildman–Crippen LogP) is 3.56. The Morgan fingerprint density at radius 3 is 2.53 bits per heavy atom. The smallest absolute Gasteiger partial charge is 0.0306 e. The molecule has 2 nitrogen and oxygen atoms in total. The van der Waals surface area contributed by atoms with Crippen molar-refractivity contribution in [3.8, 4) is 0 Å². The lowest BCUT2D eigenvalue weighted by molar-refractivity contribution is 0.161. The molecule has 0 bridgehead atoms. The first-order chi connectivity index (χ1) is 9.04. The fourth-order valence-corrected chi connectivity index (χ4v) is 3.98. The molecular weight excluding hydrogens is 232 g/mol. The minimum Gasteiger partial charge on any atom is -0.329 e. The lowest BCUT2D eigenvalue weighted by Crippen LogP contribution is -2.55. The van der Waals surface area contributed by atoms with Gasteiger partial charge in [0.2, 0.25) is 0 Å². The normalized spacial score (nSPS) is 33.6. The summed E-state index contributed by atoms with van der Waals surface area (Å²) in [5.74, 6) is 3.55. The second kappa shape index (κ2) is 6.58. The van der Waals surface area contributed by atoms with Crippen molar-refractivity contribution in [2.24, 2.45) is 29.4 Å². The standard InChI is InChI=1S/C17H34N2/c1-13(2)9-15-5-4-8-17(10-15,12-18)19-11-14(3)16-6-7-16/h13-16,19H,4-12,18H2,1-3H3. The van der Waals surface area contributed by atoms with E-state index in [1.165, 1.54) is 51.5 Å². The van der Waals surface area contributed by atoms with Crippen molar-refractivity contribution in [1.82, 2.24) is 5.32 Å². The van der Waals surface area contributed by atoms with E-state index in [-0.39, 0.29) is 5.54 Å². The van der Waals surface area contributed by atoms with Gasteiger partial charge < -0.3 is 11.1 Å². The molecule has 0 radical (unpaired) electrons. The fraction of sp³-hybridized carbons (Fsp3) is 1.00. The zero-order chi connectivity index (χ0) is 13.9. The molecule has 0 aromatic rings. The van der Waals surface area contributed by atoms with Crippen LogP contribution in [0.3, 0.4) is 0 Å². The first kappa shape index (κ1) is 15.3. The minimum atomic E-state index is 0.251. The summed E-state index contributed by atoms with van der Waals surface area (Å²) in [6, 6.07) is 0. The van der Waals surface area contributed by atoms with Crippen molar-refractivity contribution in [2.45, 2.75) is 71.3 Å². The molecule has 0 saturated heterocycles. The highest BCUT2D eigenvalue weighted by molar-refractivity contribution is 4.95. The molecule has 0 aromatic carbocycles. The first-order valence-electron chi connectivity index (χ1n) is 8.50. The van der Waals surface area contributed by atoms with Gasteiger partial charge in [-0.05, 0) is 62.3 Å². The lowest BCUT2D eigenvalue weighted by Gasteiger charge is -2.42. The van der Waals surface area contributed by atoms with Gasteiger partial charge in [-0.3, -0.25) is 0 Å². The van der Waals surface area contributed by atoms with E-state index in [1.54, 1.807) is 0 Å². The summed E-state index contributed by atoms with van der Waals surface area (Å²) in [5, 5.41) is 3.88. The van der Waals surface area contributed by atoms with Gasteiger partial charge in [-0.2, -0.15) is 0 Å². The van der Waals surface area contributed by atoms with Gasteiger partial charge in [-0.1, -0.05) is 33.6 Å². The third-order valence-corrected chi connectivity index (χ3v) is 5.37. The zero-order valence-electron chi connectivity index (χ0n) is 13.3. The summed E-state index contributed by atoms with van der Waals surface area (Å²) in [6.45, 7) is 9.10. The molecule has 0 amide bonds. The van der Waals surface area contributed by atoms with E-state index < -0.39 is 0 Å². The molecule has 3 unspecified atom stereocenters. The Bertz CT molecular complexity index is 272. The van der Waals surface area contributed by atoms with Crippen LogP contribution in [-0.2, 0) is 0 Å². The van der Waals surface area contributed by atoms with E-state index in [1.807, 2.05) is 0 Å². The Morgan fingerprint density at radius 1 is 1.21 bits per heavy atom. The maximum Gasteiger partial charge on any atom is 0.0306 e. The monoisotopic (exact) mass is 266 g/mol. The van der Waals surface area contributed by atoms with Crippen molar-refractivity contribution >= 4 is 0 Å². The summed E-state index contributed by atoms with van der Waals surface area (Å²) in [6.07, 6.45) is 9.65. The molecule has 2 fully saturated rings. The third kappa shape index (κ3) is 4.46. The quantitative estimate of drug-likeness (QED) is 0.739. The van der Waals surface area contributed by atoms with Crippen LogP contribution in [0.4, 0.5) is 0 Å². The average molecular weight is 266 g/mol. The van der Waals surface area contributed by atoms with Crippen LogP contribution in [0.1, 0.15) is 65.7 Å². The molecule has 2 saturated carbocycles. The summed E-state index contributed by atoms with van der Waals surface area (Å²) >= 11 is 0. The Labute approximate surface area is 119 Å². The lowest BCUT2D eigenvalue weighted by atomic mass is 9.73. The van der Waals surface area contributed by atoms with Crippen molar-refractivity contribution in [1.29, 1.82) is 0 Å². The molecule has 2 heteroatoms. The Hall–Kier alpha value is -0.0800. The molecule has 2 aliphatic carbocycles. The van der Waals surface area contributed by atoms with E-state index in [0.29, 0.717) is 0 Å². The van der Waals surface area contributed by atoms with Crippen LogP contribution < -0.4 is 11.1 Å². The molecule has 3 N–H and O–H groups in total. The third-order valence-electron chi connectivity index (χ3n) is 5.37. The van der Waals surface area contributed by atoms with E-state index in [9.17, 15) is 0 Å². The van der Waals surface area contributed by atoms with Crippen LogP contribution in [0, 0.1) is 23.7 Å². The van der Waals surface area contributed by atoms with Gasteiger partial charge in [0.25, 0.3) is 0 Å². The Kier molecular flexibility index (Phi) is 5.30. The topological polar surface area (TPSA) is 38.0 Å². The zero-order valence-corrected chi connectivity index (χ0v) is 13.3. The number of hydrogen-bond acceptors (Lipinski definition) is 2. The molecule has 3 atom stereocenters. The Morgan fingerprint density at radius 2 is 1.95 bits per heavy atom. The molecule has 2 rings (SSSR count). The SMILES string of the molecule is CC(C)CC1CCCC(CN)(NCC(C)C2CC2)C1. The van der Waals surface area contributed by atoms with E-state index in [4.69, 9.17) is 5.73 Å². The molecule has 0 aromatic heterocycles. The van der Waals surface area contributed by atoms with Crippen molar-refractivity contribution in [3.05, 3.63) is 0 Å². The van der Waals surface area contributed by atoms with Gasteiger partial charge in [0, 0.05) is 12.1 Å². The average Bonchev–Trinajstić information content (AvgIpc) is 3.20. The van der Waals surface area contributed by atoms with Crippen molar-refractivity contribution in [2.75, 3.05) is 13.1 Å². The van der Waals surface area contributed by atoms with E-state index in [2.05, 4.69) is 26.1 Å². The van der Waals surface area contributed by atoms with E-state index in [0.717, 1.165) is 30.2 Å². The Balaban J connectivity index is 1.84. The first-order valence-corrected chi connectivity index (χ1v) is 8.50. The second-order valence-corrected chi connectivity index (χ2v) is 7.77. The molecule has 19 heavy (non-hydrogen) atoms. The maximum absolute atomic E-state index is 6.15. The van der Waals surface area contributed by atoms with Gasteiger partial charge in [0.1, 0.15) is 0 Å². The number of nitrogens with one attached hydrogen (secondary N) is 1. The van der Waals surface area contributed by atoms with Crippen LogP contribution >= 0.6 is 0 Å². The molecule has 0 aliphatic heterocycles. The summed E-state index contributed by atoms with van der Waals surface area (Å²) in [7, 11) is 0. The van der Waals surface area contributed by atoms with Crippen molar-refractivity contribution in [3.63, 3.8) is 0 Å². The largest absolute Gasteiger partial charge is 0.329 e. The fourth-order valence-electron chi connectivity index (χ4n) is 3.98. The highest BCUT2D eigenvalue weighted by Crippen LogP contribution is 2.38. The number of rotatable bonds is 7. The maximum atomic E-state index is 6.15. The van der Waals surface area contributed by atoms with Crippen LogP contribution in [-0.4, -0.2) is 18.6 Å². The van der Waals surface area contributed by atoms with Crippen LogP contribution in [0.15, 0.2) is 0 Å². The molecule has 0 heterocycles. The molecule has 2 aliphatic rings. The molecule has 0 spiro atoms. The van der Waals surface area contributed by atoms with Gasteiger partial charge in [-0.25, -0.2) is 0 Å². The highest BCUT2D eigenvalue weighted by Gasteiger charge is 2.36. The van der Waals surface area contributed by atoms with E-state index >= 15 is 0 Å². The highest BCUT2D eigenvalue weighted by atomic mass is 15.0. The minimum absolute atomic E-state index is 0.251. The summed E-state index contributed by atoms with van der Waals surface area (Å²) < 4.78 is 0. The summed E-state index contributed by atoms with van der Waals surface area (Å²) in [4.78, 5) is 0. The van der Waals surface area contributed by atoms with Gasteiger partial charge in [0.15, 0.2) is 0 Å². The number of hydrogen-bond donors (Lipinski definition) is 2. The predicted molar refractivity (Wildman–Crippen MR) is 83.1 cm³/mol. The number of nitrogens with two attached hydrogens (primary N) is 1. The van der Waals surface area contributed by atoms with Gasteiger partial charge in [-0.15, -0.1) is 0 Å².